The van der Waals surface area contributed by atoms with Gasteiger partial charge in [0.2, 0.25) is 0 Å². The van der Waals surface area contributed by atoms with Crippen LogP contribution in [0.25, 0.3) is 21.7 Å². The highest BCUT2D eigenvalue weighted by Gasteiger charge is 2.31. The maximum absolute atomic E-state index is 13.3. The van der Waals surface area contributed by atoms with Gasteiger partial charge in [-0.3, -0.25) is 0 Å². The van der Waals surface area contributed by atoms with Crippen LogP contribution in [-0.2, 0) is 17.6 Å². The second-order valence-electron chi connectivity index (χ2n) is 7.63. The Labute approximate surface area is 203 Å². The van der Waals surface area contributed by atoms with E-state index >= 15 is 0 Å². The molecule has 0 bridgehead atoms. The summed E-state index contributed by atoms with van der Waals surface area (Å²) in [5.74, 6) is -0.103. The summed E-state index contributed by atoms with van der Waals surface area (Å²) in [6.45, 7) is 1.44. The highest BCUT2D eigenvalue weighted by molar-refractivity contribution is 7.15. The van der Waals surface area contributed by atoms with Crippen LogP contribution in [0.5, 0.6) is 11.5 Å². The highest BCUT2D eigenvalue weighted by atomic mass is 32.1. The molecule has 35 heavy (non-hydrogen) atoms. The lowest BCUT2D eigenvalue weighted by Gasteiger charge is -2.10. The van der Waals surface area contributed by atoms with Gasteiger partial charge in [-0.2, -0.15) is 13.2 Å². The summed E-state index contributed by atoms with van der Waals surface area (Å²) in [5, 5.41) is 9.36. The number of hydrogen-bond donors (Lipinski definition) is 1. The molecular formula is C26H20F3NO4S. The van der Waals surface area contributed by atoms with E-state index in [1.165, 1.54) is 17.4 Å². The lowest BCUT2D eigenvalue weighted by molar-refractivity contribution is -0.139. The van der Waals surface area contributed by atoms with E-state index in [1.807, 2.05) is 30.3 Å². The number of thiazole rings is 1. The Balaban J connectivity index is 1.61. The molecule has 0 radical (unpaired) electrons. The number of aliphatic carboxylic acids is 1. The summed E-state index contributed by atoms with van der Waals surface area (Å²) < 4.78 is 51.0. The molecule has 0 aliphatic heterocycles. The first-order valence-electron chi connectivity index (χ1n) is 10.5. The van der Waals surface area contributed by atoms with Crippen LogP contribution in [0.4, 0.5) is 13.2 Å². The third-order valence-corrected chi connectivity index (χ3v) is 6.11. The number of rotatable bonds is 8. The van der Waals surface area contributed by atoms with E-state index in [9.17, 15) is 18.0 Å². The van der Waals surface area contributed by atoms with Gasteiger partial charge in [-0.05, 0) is 48.4 Å². The second-order valence-corrected chi connectivity index (χ2v) is 8.71. The van der Waals surface area contributed by atoms with Gasteiger partial charge in [-0.1, -0.05) is 42.5 Å². The van der Waals surface area contributed by atoms with Gasteiger partial charge in [0.1, 0.15) is 23.1 Å². The molecule has 3 aromatic carbocycles. The average Bonchev–Trinajstić information content (AvgIpc) is 3.26. The first-order chi connectivity index (χ1) is 16.7. The van der Waals surface area contributed by atoms with Crippen molar-refractivity contribution in [2.24, 2.45) is 0 Å². The molecule has 5 nitrogen and oxygen atoms in total. The number of nitrogens with zero attached hydrogens (tertiary/aromatic N) is 1. The van der Waals surface area contributed by atoms with Gasteiger partial charge < -0.3 is 14.6 Å². The summed E-state index contributed by atoms with van der Waals surface area (Å²) >= 11 is 1.35. The summed E-state index contributed by atoms with van der Waals surface area (Å²) in [4.78, 5) is 16.1. The minimum atomic E-state index is -4.46. The predicted molar refractivity (Wildman–Crippen MR) is 127 cm³/mol. The van der Waals surface area contributed by atoms with Gasteiger partial charge in [-0.25, -0.2) is 9.78 Å². The van der Waals surface area contributed by atoms with E-state index in [1.54, 1.807) is 31.2 Å². The van der Waals surface area contributed by atoms with Crippen molar-refractivity contribution in [1.82, 2.24) is 4.98 Å². The SMILES string of the molecule is Cc1cc(OCc2nc(-c3cccc(C(F)(F)F)c3)c(-c3ccccc3)s2)ccc1OCC(=O)O. The minimum absolute atomic E-state index is 0.109. The lowest BCUT2D eigenvalue weighted by atomic mass is 10.0. The van der Waals surface area contributed by atoms with Crippen molar-refractivity contribution in [1.29, 1.82) is 0 Å². The smallest absolute Gasteiger partial charge is 0.416 e. The van der Waals surface area contributed by atoms with E-state index in [4.69, 9.17) is 14.6 Å². The maximum Gasteiger partial charge on any atom is 0.416 e. The highest BCUT2D eigenvalue weighted by Crippen LogP contribution is 2.39. The molecule has 0 fully saturated rings. The van der Waals surface area contributed by atoms with E-state index in [-0.39, 0.29) is 6.61 Å². The first-order valence-corrected chi connectivity index (χ1v) is 11.3. The Morgan fingerprint density at radius 2 is 1.71 bits per heavy atom. The average molecular weight is 500 g/mol. The van der Waals surface area contributed by atoms with Crippen molar-refractivity contribution in [2.75, 3.05) is 6.61 Å². The molecule has 1 N–H and O–H groups in total. The van der Waals surface area contributed by atoms with Gasteiger partial charge in [0.15, 0.2) is 6.61 Å². The van der Waals surface area contributed by atoms with E-state index in [0.29, 0.717) is 33.3 Å². The zero-order valence-electron chi connectivity index (χ0n) is 18.5. The van der Waals surface area contributed by atoms with Crippen LogP contribution >= 0.6 is 11.3 Å². The largest absolute Gasteiger partial charge is 0.486 e. The van der Waals surface area contributed by atoms with Crippen molar-refractivity contribution >= 4 is 17.3 Å². The van der Waals surface area contributed by atoms with E-state index in [0.717, 1.165) is 22.6 Å². The molecule has 0 atom stereocenters. The van der Waals surface area contributed by atoms with Gasteiger partial charge >= 0.3 is 12.1 Å². The summed E-state index contributed by atoms with van der Waals surface area (Å²) in [6, 6.07) is 19.5. The first kappa shape index (κ1) is 24.3. The maximum atomic E-state index is 13.3. The molecule has 0 amide bonds. The van der Waals surface area contributed by atoms with Gasteiger partial charge in [-0.15, -0.1) is 11.3 Å². The monoisotopic (exact) mass is 499 g/mol. The Morgan fingerprint density at radius 3 is 2.40 bits per heavy atom. The Morgan fingerprint density at radius 1 is 0.971 bits per heavy atom. The van der Waals surface area contributed by atoms with Crippen LogP contribution in [0.3, 0.4) is 0 Å². The number of carbonyl (C=O) groups is 1. The quantitative estimate of drug-likeness (QED) is 0.287. The number of hydrogen-bond acceptors (Lipinski definition) is 5. The summed E-state index contributed by atoms with van der Waals surface area (Å²) in [6.07, 6.45) is -4.46. The molecule has 0 saturated heterocycles. The molecule has 0 spiro atoms. The van der Waals surface area contributed by atoms with Crippen LogP contribution in [0.2, 0.25) is 0 Å². The number of carboxylic acid groups (broad SMARTS) is 1. The zero-order valence-corrected chi connectivity index (χ0v) is 19.3. The molecule has 9 heteroatoms. The Kier molecular flexibility index (Phi) is 7.07. The van der Waals surface area contributed by atoms with Crippen LogP contribution in [0.15, 0.2) is 72.8 Å². The fourth-order valence-corrected chi connectivity index (χ4v) is 4.41. The van der Waals surface area contributed by atoms with Crippen LogP contribution in [0, 0.1) is 6.92 Å². The second kappa shape index (κ2) is 10.2. The molecule has 0 aliphatic carbocycles. The number of carboxylic acids is 1. The van der Waals surface area contributed by atoms with Gasteiger partial charge in [0, 0.05) is 5.56 Å². The standard InChI is InChI=1S/C26H20F3NO4S/c1-16-12-20(10-11-21(16)34-15-23(31)32)33-14-22-30-24(25(35-22)17-6-3-2-4-7-17)18-8-5-9-19(13-18)26(27,28)29/h2-13H,14-15H2,1H3,(H,31,32). The summed E-state index contributed by atoms with van der Waals surface area (Å²) in [5.41, 5.74) is 1.65. The fourth-order valence-electron chi connectivity index (χ4n) is 3.41. The molecule has 180 valence electrons. The summed E-state index contributed by atoms with van der Waals surface area (Å²) in [7, 11) is 0. The van der Waals surface area contributed by atoms with Crippen molar-refractivity contribution in [3.8, 4) is 33.2 Å². The van der Waals surface area contributed by atoms with Crippen molar-refractivity contribution in [3.05, 3.63) is 88.9 Å². The lowest BCUT2D eigenvalue weighted by Crippen LogP contribution is -2.10. The molecule has 1 aromatic heterocycles. The number of benzene rings is 3. The van der Waals surface area contributed by atoms with Gasteiger partial charge in [0.25, 0.3) is 0 Å². The van der Waals surface area contributed by atoms with Crippen LogP contribution in [-0.4, -0.2) is 22.7 Å². The Hall–Kier alpha value is -3.85. The molecule has 0 saturated carbocycles. The van der Waals surface area contributed by atoms with E-state index in [2.05, 4.69) is 4.98 Å². The normalized spacial score (nSPS) is 11.3. The number of ether oxygens (including phenoxy) is 2. The fraction of sp³-hybridized carbons (Fsp3) is 0.154. The van der Waals surface area contributed by atoms with Crippen molar-refractivity contribution in [3.63, 3.8) is 0 Å². The molecule has 0 unspecified atom stereocenters. The number of aromatic nitrogens is 1. The minimum Gasteiger partial charge on any atom is -0.486 e. The molecule has 0 aliphatic rings. The molecular weight excluding hydrogens is 479 g/mol. The molecule has 4 rings (SSSR count). The number of alkyl halides is 3. The third kappa shape index (κ3) is 5.99. The predicted octanol–water partition coefficient (Wildman–Crippen LogP) is 6.85. The third-order valence-electron chi connectivity index (χ3n) is 5.03. The molecule has 1 heterocycles. The van der Waals surface area contributed by atoms with Crippen molar-refractivity contribution < 1.29 is 32.5 Å². The van der Waals surface area contributed by atoms with Gasteiger partial charge in [0.05, 0.1) is 16.1 Å². The number of halogens is 3. The van der Waals surface area contributed by atoms with Crippen LogP contribution < -0.4 is 9.47 Å². The Bertz CT molecular complexity index is 1340. The van der Waals surface area contributed by atoms with E-state index < -0.39 is 24.3 Å². The topological polar surface area (TPSA) is 68.7 Å². The van der Waals surface area contributed by atoms with Crippen molar-refractivity contribution in [2.45, 2.75) is 19.7 Å². The molecule has 4 aromatic rings. The van der Waals surface area contributed by atoms with Crippen LogP contribution in [0.1, 0.15) is 16.1 Å². The number of aryl methyl sites for hydroxylation is 1. The zero-order chi connectivity index (χ0) is 25.0.